The summed E-state index contributed by atoms with van der Waals surface area (Å²) in [5.74, 6) is -3.28. The van der Waals surface area contributed by atoms with Gasteiger partial charge in [0.15, 0.2) is 25.2 Å². The van der Waals surface area contributed by atoms with E-state index in [1.165, 1.54) is 6.92 Å². The molecule has 2 aromatic rings. The summed E-state index contributed by atoms with van der Waals surface area (Å²) in [6, 6.07) is 15.3. The van der Waals surface area contributed by atoms with Crippen molar-refractivity contribution in [1.82, 2.24) is 20.9 Å². The number of fused-ring (bicyclic) bond motifs is 5. The fourth-order valence-corrected chi connectivity index (χ4v) is 14.0. The second-order valence-electron chi connectivity index (χ2n) is 26.5. The smallest absolute Gasteiger partial charge is 0.214 e. The number of aliphatic hydroxyl groups is 12. The summed E-state index contributed by atoms with van der Waals surface area (Å²) in [4.78, 5) is 1.57. The number of rotatable bonds is 37. The molecule has 25 heteroatoms. The number of hydrogen-bond acceptors (Lipinski definition) is 25. The van der Waals surface area contributed by atoms with Crippen LogP contribution in [0.3, 0.4) is 0 Å². The first-order valence-corrected chi connectivity index (χ1v) is 31.2. The lowest BCUT2D eigenvalue weighted by Gasteiger charge is -2.71. The molecule has 0 radical (unpaired) electrons. The highest BCUT2D eigenvalue weighted by molar-refractivity contribution is 5.27. The molecule has 2 aromatic carbocycles. The number of ether oxygens (including phenoxy) is 9. The maximum Gasteiger partial charge on any atom is 0.214 e. The van der Waals surface area contributed by atoms with E-state index in [0.29, 0.717) is 76.4 Å². The SMILES string of the molecule is COCCOCCOCCC(O)NCCCCC(NC(O)CN(C)CC(O)O[C@@H](C(O)O[C@H]1CC2(O)[C@@H](OC(O)c3ccccc3)[C@H]3C(C)(C(O)CC4OC[C@]43OC(C)O)C(O)C(O)C(C1C)C2(C)C)[C@@H](NC(O)OC(C)(C)C)c1ccccc1)C(C)O. The van der Waals surface area contributed by atoms with Gasteiger partial charge in [0.2, 0.25) is 6.41 Å². The van der Waals surface area contributed by atoms with Gasteiger partial charge in [0.1, 0.15) is 24.2 Å². The summed E-state index contributed by atoms with van der Waals surface area (Å²) in [5, 5.41) is 153. The van der Waals surface area contributed by atoms with Crippen molar-refractivity contribution in [2.75, 3.05) is 73.4 Å². The van der Waals surface area contributed by atoms with Crippen molar-refractivity contribution >= 4 is 0 Å². The Kier molecular flexibility index (Phi) is 27.9. The summed E-state index contributed by atoms with van der Waals surface area (Å²) in [7, 11) is 3.22. The minimum Gasteiger partial charge on any atom is -0.392 e. The maximum atomic E-state index is 14.1. The van der Waals surface area contributed by atoms with Gasteiger partial charge >= 0.3 is 0 Å². The zero-order valence-electron chi connectivity index (χ0n) is 53.4. The van der Waals surface area contributed by atoms with Crippen LogP contribution in [0.4, 0.5) is 0 Å². The van der Waals surface area contributed by atoms with Crippen molar-refractivity contribution in [2.24, 2.45) is 28.6 Å². The molecule has 0 amide bonds. The van der Waals surface area contributed by atoms with E-state index in [1.54, 1.807) is 135 Å². The number of nitrogens with zero attached hydrogens (tertiary/aromatic N) is 1. The fraction of sp³-hybridized carbons (Fsp3) is 0.810. The number of unbranched alkanes of at least 4 members (excludes halogenated alkanes) is 1. The third kappa shape index (κ3) is 18.4. The molecule has 4 aliphatic rings. The molecule has 25 nitrogen and oxygen atoms in total. The van der Waals surface area contributed by atoms with E-state index in [-0.39, 0.29) is 32.5 Å². The van der Waals surface area contributed by atoms with Crippen molar-refractivity contribution in [1.29, 1.82) is 0 Å². The molecule has 506 valence electrons. The maximum absolute atomic E-state index is 14.1. The average molecular weight is 1260 g/mol. The van der Waals surface area contributed by atoms with E-state index in [4.69, 9.17) is 42.6 Å². The van der Waals surface area contributed by atoms with Crippen LogP contribution < -0.4 is 16.0 Å². The number of methoxy groups -OCH3 is 1. The topological polar surface area (TPSA) is 365 Å². The summed E-state index contributed by atoms with van der Waals surface area (Å²) >= 11 is 0. The first-order valence-electron chi connectivity index (χ1n) is 31.2. The van der Waals surface area contributed by atoms with Crippen LogP contribution in [0.5, 0.6) is 0 Å². The Bertz CT molecular complexity index is 2320. The van der Waals surface area contributed by atoms with Crippen LogP contribution in [0.15, 0.2) is 60.7 Å². The van der Waals surface area contributed by atoms with Crippen LogP contribution in [0.1, 0.15) is 124 Å². The summed E-state index contributed by atoms with van der Waals surface area (Å²) in [5.41, 5.74) is -7.14. The van der Waals surface area contributed by atoms with Gasteiger partial charge in [-0.15, -0.1) is 0 Å². The number of hydrogen-bond donors (Lipinski definition) is 15. The van der Waals surface area contributed by atoms with Gasteiger partial charge < -0.3 is 104 Å². The molecular formula is C63H108N4O21. The average Bonchev–Trinajstić information content (AvgIpc) is 0.771. The molecule has 0 spiro atoms. The van der Waals surface area contributed by atoms with Crippen molar-refractivity contribution in [3.05, 3.63) is 71.8 Å². The fourth-order valence-electron chi connectivity index (χ4n) is 14.0. The van der Waals surface area contributed by atoms with Gasteiger partial charge in [-0.2, -0.15) is 0 Å². The predicted molar refractivity (Wildman–Crippen MR) is 321 cm³/mol. The van der Waals surface area contributed by atoms with E-state index in [2.05, 4.69) is 16.0 Å². The minimum atomic E-state index is -2.23. The van der Waals surface area contributed by atoms with E-state index in [9.17, 15) is 61.3 Å². The Labute approximate surface area is 519 Å². The lowest BCUT2D eigenvalue weighted by molar-refractivity contribution is -0.417. The van der Waals surface area contributed by atoms with Gasteiger partial charge in [-0.25, -0.2) is 0 Å². The molecule has 1 saturated heterocycles. The van der Waals surface area contributed by atoms with Gasteiger partial charge in [-0.05, 0) is 72.5 Å². The van der Waals surface area contributed by atoms with Gasteiger partial charge in [0.05, 0.1) is 99.6 Å². The Morgan fingerprint density at radius 3 is 1.99 bits per heavy atom. The molecule has 3 saturated carbocycles. The molecular weight excluding hydrogens is 1150 g/mol. The zero-order chi connectivity index (χ0) is 64.9. The molecule has 23 atom stereocenters. The molecule has 15 N–H and O–H groups in total. The molecule has 1 heterocycles. The van der Waals surface area contributed by atoms with Crippen molar-refractivity contribution in [3.8, 4) is 0 Å². The lowest BCUT2D eigenvalue weighted by atomic mass is 9.42. The normalized spacial score (nSPS) is 32.6. The second-order valence-corrected chi connectivity index (χ2v) is 26.5. The molecule has 4 fully saturated rings. The highest BCUT2D eigenvalue weighted by atomic mass is 16.7. The summed E-state index contributed by atoms with van der Waals surface area (Å²) < 4.78 is 54.1. The number of nitrogens with one attached hydrogen (secondary N) is 3. The zero-order valence-corrected chi connectivity index (χ0v) is 53.4. The van der Waals surface area contributed by atoms with E-state index < -0.39 is 150 Å². The van der Waals surface area contributed by atoms with Gasteiger partial charge in [0, 0.05) is 73.7 Å². The minimum absolute atomic E-state index is 0.0693. The third-order valence-corrected chi connectivity index (χ3v) is 18.7. The Morgan fingerprint density at radius 1 is 0.773 bits per heavy atom. The first kappa shape index (κ1) is 74.5. The van der Waals surface area contributed by atoms with E-state index in [0.717, 1.165) is 0 Å². The third-order valence-electron chi connectivity index (χ3n) is 18.7. The van der Waals surface area contributed by atoms with Crippen LogP contribution in [0.25, 0.3) is 0 Å². The first-order chi connectivity index (χ1) is 41.4. The van der Waals surface area contributed by atoms with Crippen molar-refractivity contribution in [2.45, 2.75) is 223 Å². The highest BCUT2D eigenvalue weighted by Crippen LogP contribution is 2.66. The molecule has 6 rings (SSSR count). The Hall–Kier alpha value is -2.56. The van der Waals surface area contributed by atoms with Crippen LogP contribution >= 0.6 is 0 Å². The Balaban J connectivity index is 1.25. The standard InChI is InChI=1S/C63H108N4O21/c1-37-43(33-63(79)55(86-56(76)41-22-16-13-17-23-41)53-61(9,54(75)51(74)49(37)60(63,7)8)44(70)32-45-62(53,36-83-45)87-39(3)69)84-57(77)52(50(40-20-14-12-15-21-40)66-58(78)88-59(4,5)6)85-48(73)35-67(10)34-47(72)65-42(38(2)68)24-18-19-26-64-46(71)25-27-81-30-31-82-29-28-80-11/h12-17,20-23,37-39,42-58,64-66,68-79H,18-19,24-36H2,1-11H3/t37?,38?,39?,42?,43-,44?,45?,46?,47?,48?,49?,50-,51?,52+,53-,54?,55-,56?,57?,58?,61?,62-,63?/m0/s1. The predicted octanol–water partition coefficient (Wildman–Crippen LogP) is 0.657. The quantitative estimate of drug-likeness (QED) is 0.0326. The lowest BCUT2D eigenvalue weighted by Crippen LogP contribution is -2.83. The van der Waals surface area contributed by atoms with Crippen molar-refractivity contribution in [3.63, 3.8) is 0 Å². The highest BCUT2D eigenvalue weighted by Gasteiger charge is 2.78. The van der Waals surface area contributed by atoms with E-state index >= 15 is 0 Å². The van der Waals surface area contributed by atoms with Crippen LogP contribution in [-0.2, 0) is 42.6 Å². The molecule has 17 unspecified atom stereocenters. The molecule has 1 aliphatic heterocycles. The van der Waals surface area contributed by atoms with Gasteiger partial charge in [0.25, 0.3) is 0 Å². The van der Waals surface area contributed by atoms with Crippen LogP contribution in [0.2, 0.25) is 0 Å². The summed E-state index contributed by atoms with van der Waals surface area (Å²) in [6.45, 7) is 17.1. The van der Waals surface area contributed by atoms with E-state index in [1.807, 2.05) is 0 Å². The largest absolute Gasteiger partial charge is 0.392 e. The van der Waals surface area contributed by atoms with Crippen LogP contribution in [0, 0.1) is 28.6 Å². The Morgan fingerprint density at radius 2 is 1.40 bits per heavy atom. The van der Waals surface area contributed by atoms with Crippen LogP contribution in [-0.4, -0.2) is 249 Å². The number of aliphatic hydroxyl groups excluding tert-OH is 11. The molecule has 0 aromatic heterocycles. The number of benzene rings is 2. The number of likely N-dealkylation sites (N-methyl/N-ethyl adjacent to an activating group) is 1. The second kappa shape index (κ2) is 33.0. The molecule has 2 bridgehead atoms. The molecule has 3 aliphatic carbocycles. The van der Waals surface area contributed by atoms with Gasteiger partial charge in [-0.1, -0.05) is 94.8 Å². The monoisotopic (exact) mass is 1260 g/mol. The molecule has 88 heavy (non-hydrogen) atoms. The van der Waals surface area contributed by atoms with Gasteiger partial charge in [-0.3, -0.25) is 20.9 Å². The summed E-state index contributed by atoms with van der Waals surface area (Å²) in [6.07, 6.45) is -20.0. The van der Waals surface area contributed by atoms with Crippen molar-refractivity contribution < 1.29 is 104 Å².